The molecule has 0 spiro atoms. The normalized spacial score (nSPS) is 15.2. The summed E-state index contributed by atoms with van der Waals surface area (Å²) in [6.45, 7) is 0.664. The number of rotatable bonds is 7. The lowest BCUT2D eigenvalue weighted by Crippen LogP contribution is -2.49. The second-order valence-electron chi connectivity index (χ2n) is 7.86. The minimum absolute atomic E-state index is 0.238. The number of thiocarbonyl (C=S) groups is 1. The number of carbonyl (C=O) groups excluding carboxylic acids is 1. The molecule has 1 atom stereocenters. The van der Waals surface area contributed by atoms with Crippen LogP contribution in [0.4, 0.5) is 5.69 Å². The summed E-state index contributed by atoms with van der Waals surface area (Å²) in [5.41, 5.74) is 3.99. The first kappa shape index (κ1) is 25.5. The third-order valence-electron chi connectivity index (χ3n) is 5.44. The summed E-state index contributed by atoms with van der Waals surface area (Å²) >= 11 is 20.1. The number of aliphatic imine (C=N–C) groups is 1. The summed E-state index contributed by atoms with van der Waals surface area (Å²) in [4.78, 5) is 19.7. The second kappa shape index (κ2) is 11.9. The highest BCUT2D eigenvalue weighted by atomic mass is 35.5. The molecule has 1 aliphatic heterocycles. The number of likely N-dealkylation sites (N-methyl/N-ethyl adjacent to an activating group) is 1. The average molecular weight is 544 g/mol. The van der Waals surface area contributed by atoms with Crippen molar-refractivity contribution in [3.05, 3.63) is 99.5 Å². The van der Waals surface area contributed by atoms with E-state index < -0.39 is 6.17 Å². The van der Waals surface area contributed by atoms with Crippen molar-refractivity contribution in [3.63, 3.8) is 0 Å². The van der Waals surface area contributed by atoms with Crippen molar-refractivity contribution in [2.24, 2.45) is 4.99 Å². The molecule has 180 valence electrons. The van der Waals surface area contributed by atoms with Crippen molar-refractivity contribution in [1.29, 1.82) is 0 Å². The molecule has 0 saturated heterocycles. The number of fused-ring (bicyclic) bond motifs is 1. The molecule has 1 unspecified atom stereocenters. The minimum Gasteiger partial charge on any atom is -0.362 e. The van der Waals surface area contributed by atoms with E-state index in [4.69, 9.17) is 40.4 Å². The van der Waals surface area contributed by atoms with Gasteiger partial charge in [0.15, 0.2) is 5.11 Å². The molecule has 4 rings (SSSR count). The number of anilines is 1. The van der Waals surface area contributed by atoms with Crippen LogP contribution in [0.25, 0.3) is 0 Å². The average Bonchev–Trinajstić information content (AvgIpc) is 2.95. The van der Waals surface area contributed by atoms with Crippen LogP contribution in [0.3, 0.4) is 0 Å². The fraction of sp³-hybridized carbons (Fsp3) is 0.192. The number of benzene rings is 3. The minimum atomic E-state index is -0.922. The Hall–Kier alpha value is -2.58. The van der Waals surface area contributed by atoms with Gasteiger partial charge >= 0.3 is 0 Å². The molecule has 2 N–H and O–H groups in total. The number of nitrogens with one attached hydrogen (secondary N) is 2. The number of thioether (sulfide) groups is 1. The number of halogens is 2. The van der Waals surface area contributed by atoms with Crippen molar-refractivity contribution >= 4 is 69.6 Å². The molecule has 1 amide bonds. The van der Waals surface area contributed by atoms with Crippen LogP contribution < -0.4 is 15.5 Å². The van der Waals surface area contributed by atoms with Crippen LogP contribution in [0.2, 0.25) is 10.0 Å². The zero-order valence-corrected chi connectivity index (χ0v) is 22.1. The summed E-state index contributed by atoms with van der Waals surface area (Å²) in [5, 5.41) is 7.69. The Morgan fingerprint density at radius 3 is 2.57 bits per heavy atom. The Morgan fingerprint density at radius 1 is 1.06 bits per heavy atom. The maximum absolute atomic E-state index is 13.3. The molecule has 0 fully saturated rings. The highest BCUT2D eigenvalue weighted by Gasteiger charge is 2.31. The number of benzodiazepines with no additional fused rings is 1. The lowest BCUT2D eigenvalue weighted by Gasteiger charge is -2.22. The van der Waals surface area contributed by atoms with Crippen LogP contribution in [0.5, 0.6) is 0 Å². The van der Waals surface area contributed by atoms with E-state index in [0.29, 0.717) is 38.7 Å². The molecule has 1 heterocycles. The third-order valence-corrected chi connectivity index (χ3v) is 7.30. The molecule has 0 aromatic heterocycles. The highest BCUT2D eigenvalue weighted by molar-refractivity contribution is 7.98. The Labute approximate surface area is 224 Å². The van der Waals surface area contributed by atoms with Crippen LogP contribution in [-0.2, 0) is 10.5 Å². The number of nitrogens with zero attached hydrogens (tertiary/aromatic N) is 2. The van der Waals surface area contributed by atoms with Crippen molar-refractivity contribution in [2.75, 3.05) is 24.2 Å². The summed E-state index contributed by atoms with van der Waals surface area (Å²) in [6.07, 6.45) is -0.922. The lowest BCUT2D eigenvalue weighted by molar-refractivity contribution is -0.119. The first-order chi connectivity index (χ1) is 16.9. The number of hydrogen-bond acceptors (Lipinski definition) is 4. The number of carbonyl (C=O) groups is 1. The zero-order chi connectivity index (χ0) is 24.8. The van der Waals surface area contributed by atoms with Crippen LogP contribution >= 0.6 is 47.2 Å². The summed E-state index contributed by atoms with van der Waals surface area (Å²) in [6, 6.07) is 23.1. The van der Waals surface area contributed by atoms with Gasteiger partial charge in [0.1, 0.15) is 0 Å². The van der Waals surface area contributed by atoms with E-state index in [9.17, 15) is 4.79 Å². The molecule has 1 aliphatic rings. The lowest BCUT2D eigenvalue weighted by atomic mass is 10.00. The van der Waals surface area contributed by atoms with E-state index >= 15 is 0 Å². The molecular weight excluding hydrogens is 519 g/mol. The SMILES string of the molecule is CN1C(=O)C(NC(=S)NCCSCc2ccccc2)N=C(c2ccccc2Cl)c2cc(Cl)ccc21. The maximum atomic E-state index is 13.3. The molecule has 5 nitrogen and oxygen atoms in total. The summed E-state index contributed by atoms with van der Waals surface area (Å²) < 4.78 is 0. The Bertz CT molecular complexity index is 1250. The van der Waals surface area contributed by atoms with Gasteiger partial charge in [0.2, 0.25) is 6.17 Å². The van der Waals surface area contributed by atoms with Gasteiger partial charge in [-0.25, -0.2) is 4.99 Å². The van der Waals surface area contributed by atoms with Crippen molar-refractivity contribution < 1.29 is 4.79 Å². The van der Waals surface area contributed by atoms with Crippen LogP contribution in [0, 0.1) is 0 Å². The number of hydrogen-bond donors (Lipinski definition) is 2. The zero-order valence-electron chi connectivity index (χ0n) is 19.0. The molecule has 3 aromatic rings. The van der Waals surface area contributed by atoms with Gasteiger partial charge in [-0.1, -0.05) is 71.7 Å². The van der Waals surface area contributed by atoms with Gasteiger partial charge < -0.3 is 15.5 Å². The van der Waals surface area contributed by atoms with Gasteiger partial charge in [-0.15, -0.1) is 0 Å². The standard InChI is InChI=1S/C26H24Cl2N4OS2/c1-32-22-12-11-18(27)15-20(22)23(19-9-5-6-10-21(19)28)30-24(25(32)33)31-26(34)29-13-14-35-16-17-7-3-2-4-8-17/h2-12,15,24H,13-14,16H2,1H3,(H2,29,31,34). The van der Waals surface area contributed by atoms with Gasteiger partial charge in [0.25, 0.3) is 5.91 Å². The fourth-order valence-corrected chi connectivity index (χ4v) is 5.11. The van der Waals surface area contributed by atoms with Gasteiger partial charge in [-0.05, 0) is 42.0 Å². The molecular formula is C26H24Cl2N4OS2. The van der Waals surface area contributed by atoms with Crippen molar-refractivity contribution in [3.8, 4) is 0 Å². The Morgan fingerprint density at radius 2 is 1.80 bits per heavy atom. The summed E-state index contributed by atoms with van der Waals surface area (Å²) in [7, 11) is 1.71. The number of amides is 1. The smallest absolute Gasteiger partial charge is 0.272 e. The van der Waals surface area contributed by atoms with Crippen molar-refractivity contribution in [2.45, 2.75) is 11.9 Å². The van der Waals surface area contributed by atoms with Gasteiger partial charge in [0, 0.05) is 46.3 Å². The van der Waals surface area contributed by atoms with E-state index in [0.717, 1.165) is 17.1 Å². The molecule has 0 aliphatic carbocycles. The molecule has 35 heavy (non-hydrogen) atoms. The van der Waals surface area contributed by atoms with Gasteiger partial charge in [0.05, 0.1) is 11.4 Å². The van der Waals surface area contributed by atoms with Gasteiger partial charge in [-0.2, -0.15) is 11.8 Å². The molecule has 0 saturated carbocycles. The van der Waals surface area contributed by atoms with Gasteiger partial charge in [-0.3, -0.25) is 4.79 Å². The van der Waals surface area contributed by atoms with E-state index in [-0.39, 0.29) is 5.91 Å². The monoisotopic (exact) mass is 542 g/mol. The largest absolute Gasteiger partial charge is 0.362 e. The molecule has 9 heteroatoms. The van der Waals surface area contributed by atoms with E-state index in [2.05, 4.69) is 22.8 Å². The fourth-order valence-electron chi connectivity index (χ4n) is 3.68. The molecule has 3 aromatic carbocycles. The highest BCUT2D eigenvalue weighted by Crippen LogP contribution is 2.31. The first-order valence-corrected chi connectivity index (χ1v) is 13.3. The van der Waals surface area contributed by atoms with Crippen LogP contribution in [0.1, 0.15) is 16.7 Å². The second-order valence-corrected chi connectivity index (χ2v) is 10.2. The van der Waals surface area contributed by atoms with Crippen molar-refractivity contribution in [1.82, 2.24) is 10.6 Å². The summed E-state index contributed by atoms with van der Waals surface area (Å²) in [5.74, 6) is 1.56. The predicted octanol–water partition coefficient (Wildman–Crippen LogP) is 5.53. The van der Waals surface area contributed by atoms with E-state index in [1.807, 2.05) is 54.2 Å². The quantitative estimate of drug-likeness (QED) is 0.303. The molecule has 0 radical (unpaired) electrons. The molecule has 0 bridgehead atoms. The first-order valence-electron chi connectivity index (χ1n) is 11.0. The van der Waals surface area contributed by atoms with E-state index in [1.54, 1.807) is 30.1 Å². The topological polar surface area (TPSA) is 56.7 Å². The Kier molecular flexibility index (Phi) is 8.68. The van der Waals surface area contributed by atoms with E-state index in [1.165, 1.54) is 5.56 Å². The van der Waals surface area contributed by atoms with Crippen LogP contribution in [-0.4, -0.2) is 42.2 Å². The van der Waals surface area contributed by atoms with Crippen LogP contribution in [0.15, 0.2) is 77.8 Å². The maximum Gasteiger partial charge on any atom is 0.272 e. The Balaban J connectivity index is 1.49. The predicted molar refractivity (Wildman–Crippen MR) is 152 cm³/mol. The third kappa shape index (κ3) is 6.35.